The fraction of sp³-hybridized carbons (Fsp3) is 0.714. The first-order chi connectivity index (χ1) is 11.5. The van der Waals surface area contributed by atoms with Crippen molar-refractivity contribution in [2.75, 3.05) is 50.5 Å². The van der Waals surface area contributed by atoms with Gasteiger partial charge >= 0.3 is 0 Å². The number of hydrogen-bond donors (Lipinski definition) is 2. The van der Waals surface area contributed by atoms with E-state index in [0.29, 0.717) is 32.1 Å². The number of thiazole rings is 1. The summed E-state index contributed by atoms with van der Waals surface area (Å²) in [5.41, 5.74) is 0. The highest BCUT2D eigenvalue weighted by molar-refractivity contribution is 14.0. The van der Waals surface area contributed by atoms with Gasteiger partial charge in [0.15, 0.2) is 5.96 Å². The van der Waals surface area contributed by atoms with Gasteiger partial charge in [0.05, 0.1) is 10.8 Å². The highest BCUT2D eigenvalue weighted by Gasteiger charge is 2.23. The Morgan fingerprint density at radius 3 is 2.60 bits per heavy atom. The number of rotatable bonds is 7. The van der Waals surface area contributed by atoms with E-state index in [1.54, 1.807) is 34.5 Å². The third-order valence-electron chi connectivity index (χ3n) is 3.54. The molecule has 1 aliphatic heterocycles. The van der Waals surface area contributed by atoms with Crippen LogP contribution in [0.1, 0.15) is 9.88 Å². The minimum absolute atomic E-state index is 0. The van der Waals surface area contributed by atoms with Crippen molar-refractivity contribution in [2.45, 2.75) is 13.3 Å². The van der Waals surface area contributed by atoms with Crippen LogP contribution in [0.15, 0.2) is 11.2 Å². The molecule has 1 aromatic rings. The minimum atomic E-state index is -3.18. The van der Waals surface area contributed by atoms with Crippen LogP contribution in [0, 0.1) is 6.92 Å². The maximum Gasteiger partial charge on any atom is 0.215 e. The summed E-state index contributed by atoms with van der Waals surface area (Å²) in [5.74, 6) is 2.47. The van der Waals surface area contributed by atoms with E-state index in [2.05, 4.69) is 20.6 Å². The van der Waals surface area contributed by atoms with Gasteiger partial charge in [0, 0.05) is 62.2 Å². The van der Waals surface area contributed by atoms with Gasteiger partial charge in [0.1, 0.15) is 0 Å². The summed E-state index contributed by atoms with van der Waals surface area (Å²) in [6.45, 7) is 4.34. The van der Waals surface area contributed by atoms with Crippen LogP contribution in [0.5, 0.6) is 0 Å². The maximum atomic E-state index is 12.3. The summed E-state index contributed by atoms with van der Waals surface area (Å²) in [6, 6.07) is 0. The number of nitrogens with one attached hydrogen (secondary N) is 2. The van der Waals surface area contributed by atoms with E-state index in [0.717, 1.165) is 22.9 Å². The van der Waals surface area contributed by atoms with Gasteiger partial charge in [-0.25, -0.2) is 17.7 Å². The monoisotopic (exact) mass is 519 g/mol. The van der Waals surface area contributed by atoms with Crippen LogP contribution in [-0.4, -0.2) is 74.2 Å². The van der Waals surface area contributed by atoms with E-state index < -0.39 is 10.0 Å². The zero-order chi connectivity index (χ0) is 17.4. The highest BCUT2D eigenvalue weighted by Crippen LogP contribution is 2.13. The molecule has 0 atom stereocenters. The molecular formula is C14H26IN5O2S3. The van der Waals surface area contributed by atoms with E-state index >= 15 is 0 Å². The summed E-state index contributed by atoms with van der Waals surface area (Å²) >= 11 is 3.49. The van der Waals surface area contributed by atoms with Gasteiger partial charge in [-0.05, 0) is 6.92 Å². The second-order valence-corrected chi connectivity index (χ2v) is 10.0. The maximum absolute atomic E-state index is 12.3. The molecule has 0 saturated carbocycles. The number of nitrogens with zero attached hydrogens (tertiary/aromatic N) is 3. The molecule has 0 radical (unpaired) electrons. The van der Waals surface area contributed by atoms with Crippen LogP contribution in [0.2, 0.25) is 0 Å². The van der Waals surface area contributed by atoms with Crippen LogP contribution >= 0.6 is 47.1 Å². The lowest BCUT2D eigenvalue weighted by Gasteiger charge is -2.25. The second-order valence-electron chi connectivity index (χ2n) is 5.37. The molecule has 1 aliphatic rings. The van der Waals surface area contributed by atoms with E-state index in [1.165, 1.54) is 4.88 Å². The molecule has 2 rings (SSSR count). The number of aryl methyl sites for hydroxylation is 1. The molecule has 1 aromatic heterocycles. The van der Waals surface area contributed by atoms with Gasteiger partial charge in [-0.2, -0.15) is 11.8 Å². The van der Waals surface area contributed by atoms with Gasteiger partial charge in [-0.15, -0.1) is 35.3 Å². The van der Waals surface area contributed by atoms with Crippen LogP contribution in [0.25, 0.3) is 0 Å². The first-order valence-electron chi connectivity index (χ1n) is 7.92. The largest absolute Gasteiger partial charge is 0.356 e. The van der Waals surface area contributed by atoms with Crippen molar-refractivity contribution in [1.82, 2.24) is 19.9 Å². The molecule has 11 heteroatoms. The first-order valence-corrected chi connectivity index (χ1v) is 11.5. The van der Waals surface area contributed by atoms with Crippen molar-refractivity contribution in [3.05, 3.63) is 16.1 Å². The molecule has 1 fully saturated rings. The molecule has 1 saturated heterocycles. The van der Waals surface area contributed by atoms with E-state index in [1.807, 2.05) is 13.1 Å². The Bertz CT molecular complexity index is 645. The third-order valence-corrected chi connectivity index (χ3v) is 7.33. The molecule has 0 unspecified atom stereocenters. The van der Waals surface area contributed by atoms with Crippen LogP contribution in [-0.2, 0) is 16.4 Å². The second kappa shape index (κ2) is 11.6. The highest BCUT2D eigenvalue weighted by atomic mass is 127. The van der Waals surface area contributed by atoms with Crippen molar-refractivity contribution in [2.24, 2.45) is 4.99 Å². The summed E-state index contributed by atoms with van der Waals surface area (Å²) < 4.78 is 26.1. The molecular weight excluding hydrogens is 493 g/mol. The smallest absolute Gasteiger partial charge is 0.215 e. The average molecular weight is 520 g/mol. The van der Waals surface area contributed by atoms with Gasteiger partial charge < -0.3 is 10.6 Å². The first kappa shape index (κ1) is 22.9. The van der Waals surface area contributed by atoms with Crippen molar-refractivity contribution in [3.63, 3.8) is 0 Å². The number of sulfonamides is 1. The zero-order valence-electron chi connectivity index (χ0n) is 14.5. The normalized spacial score (nSPS) is 16.3. The van der Waals surface area contributed by atoms with E-state index in [4.69, 9.17) is 0 Å². The lowest BCUT2D eigenvalue weighted by atomic mass is 10.4. The number of thioether (sulfide) groups is 1. The fourth-order valence-corrected chi connectivity index (χ4v) is 5.56. The van der Waals surface area contributed by atoms with Gasteiger partial charge in [0.25, 0.3) is 0 Å². The van der Waals surface area contributed by atoms with Crippen LogP contribution < -0.4 is 10.6 Å². The number of hydrogen-bond acceptors (Lipinski definition) is 6. The van der Waals surface area contributed by atoms with E-state index in [9.17, 15) is 8.42 Å². The molecule has 0 amide bonds. The fourth-order valence-electron chi connectivity index (χ4n) is 2.28. The number of aromatic nitrogens is 1. The predicted octanol–water partition coefficient (Wildman–Crippen LogP) is 1.16. The van der Waals surface area contributed by atoms with Crippen molar-refractivity contribution < 1.29 is 8.42 Å². The Morgan fingerprint density at radius 2 is 2.00 bits per heavy atom. The molecule has 2 N–H and O–H groups in total. The molecule has 144 valence electrons. The molecule has 0 spiro atoms. The number of halogens is 1. The van der Waals surface area contributed by atoms with Crippen molar-refractivity contribution >= 4 is 63.1 Å². The predicted molar refractivity (Wildman–Crippen MR) is 118 cm³/mol. The standard InChI is InChI=1S/C14H25N5O2S3.HI/c1-12-11-18-13(23-12)3-4-16-14(15-2)17-5-10-24(20,21)19-6-8-22-9-7-19;/h11H,3-10H2,1-2H3,(H2,15,16,17);1H. The van der Waals surface area contributed by atoms with Crippen LogP contribution in [0.3, 0.4) is 0 Å². The van der Waals surface area contributed by atoms with Crippen LogP contribution in [0.4, 0.5) is 0 Å². The Hall–Kier alpha value is -0.110. The molecule has 0 aromatic carbocycles. The topological polar surface area (TPSA) is 86.7 Å². The van der Waals surface area contributed by atoms with Gasteiger partial charge in [-0.3, -0.25) is 4.99 Å². The average Bonchev–Trinajstić information content (AvgIpc) is 2.99. The molecule has 0 bridgehead atoms. The van der Waals surface area contributed by atoms with Gasteiger partial charge in [-0.1, -0.05) is 0 Å². The number of guanidine groups is 1. The molecule has 25 heavy (non-hydrogen) atoms. The quantitative estimate of drug-likeness (QED) is 0.320. The lowest BCUT2D eigenvalue weighted by molar-refractivity contribution is 0.443. The SMILES string of the molecule is CN=C(NCCc1ncc(C)s1)NCCS(=O)(=O)N1CCSCC1.I. The molecule has 2 heterocycles. The Morgan fingerprint density at radius 1 is 1.32 bits per heavy atom. The van der Waals surface area contributed by atoms with Crippen molar-refractivity contribution in [1.29, 1.82) is 0 Å². The summed E-state index contributed by atoms with van der Waals surface area (Å²) in [6.07, 6.45) is 2.69. The van der Waals surface area contributed by atoms with Crippen molar-refractivity contribution in [3.8, 4) is 0 Å². The van der Waals surface area contributed by atoms with E-state index in [-0.39, 0.29) is 29.7 Å². The molecule has 7 nitrogen and oxygen atoms in total. The Kier molecular flexibility index (Phi) is 10.6. The summed E-state index contributed by atoms with van der Waals surface area (Å²) in [7, 11) is -1.50. The Balaban J connectivity index is 0.00000312. The summed E-state index contributed by atoms with van der Waals surface area (Å²) in [5, 5.41) is 7.34. The number of aliphatic imine (C=N–C) groups is 1. The molecule has 0 aliphatic carbocycles. The minimum Gasteiger partial charge on any atom is -0.356 e. The lowest BCUT2D eigenvalue weighted by Crippen LogP contribution is -2.44. The zero-order valence-corrected chi connectivity index (χ0v) is 19.3. The summed E-state index contributed by atoms with van der Waals surface area (Å²) in [4.78, 5) is 9.64. The Labute approximate surface area is 175 Å². The third kappa shape index (κ3) is 7.97. The van der Waals surface area contributed by atoms with Gasteiger partial charge in [0.2, 0.25) is 10.0 Å².